The minimum atomic E-state index is -0.581. The van der Waals surface area contributed by atoms with Crippen LogP contribution in [0.2, 0.25) is 0 Å². The highest BCUT2D eigenvalue weighted by molar-refractivity contribution is 6.11. The summed E-state index contributed by atoms with van der Waals surface area (Å²) in [6.45, 7) is 15.1. The zero-order valence-electron chi connectivity index (χ0n) is 53.7. The Morgan fingerprint density at radius 2 is 1.30 bits per heavy atom. The number of aromatic nitrogens is 4. The molecule has 348 valence electrons. The number of nitrogens with zero attached hydrogens (tertiary/aromatic N) is 4. The molecule has 0 bridgehead atoms. The highest BCUT2D eigenvalue weighted by Crippen LogP contribution is 2.50. The molecule has 3 heterocycles. The molecule has 3 aromatic heterocycles. The predicted molar refractivity (Wildman–Crippen MR) is 293 cm³/mol. The number of hydrogen-bond acceptors (Lipinski definition) is 2. The minimum Gasteiger partial charge on any atom is -0.458 e. The van der Waals surface area contributed by atoms with Gasteiger partial charge in [-0.1, -0.05) is 182 Å². The van der Waals surface area contributed by atoms with E-state index in [-0.39, 0.29) is 62.3 Å². The molecule has 1 aliphatic carbocycles. The highest BCUT2D eigenvalue weighted by Gasteiger charge is 2.38. The lowest BCUT2D eigenvalue weighted by Crippen LogP contribution is -2.34. The first-order chi connectivity index (χ1) is 39.7. The van der Waals surface area contributed by atoms with Gasteiger partial charge in [-0.2, -0.15) is 0 Å². The van der Waals surface area contributed by atoms with E-state index in [2.05, 4.69) is 77.6 Å². The summed E-state index contributed by atoms with van der Waals surface area (Å²) in [4.78, 5) is 4.95. The van der Waals surface area contributed by atoms with Crippen LogP contribution in [0, 0.1) is 6.33 Å². The number of pyridine rings is 1. The Bertz CT molecular complexity index is 4480. The topological polar surface area (TPSA) is 35.9 Å². The fourth-order valence-electron chi connectivity index (χ4n) is 10.4. The second kappa shape index (κ2) is 16.8. The molecule has 1 aliphatic rings. The van der Waals surface area contributed by atoms with Gasteiger partial charge in [0.1, 0.15) is 17.3 Å². The fourth-order valence-corrected chi connectivity index (χ4v) is 10.4. The van der Waals surface area contributed by atoms with Crippen molar-refractivity contribution >= 4 is 32.8 Å². The van der Waals surface area contributed by atoms with E-state index in [9.17, 15) is 1.37 Å². The lowest BCUT2D eigenvalue weighted by Gasteiger charge is -2.43. The molecule has 0 aliphatic heterocycles. The molecular formula is C66H58N4O. The maximum absolute atomic E-state index is 9.44. The molecule has 0 atom stereocenters. The van der Waals surface area contributed by atoms with E-state index in [1.165, 1.54) is 0 Å². The summed E-state index contributed by atoms with van der Waals surface area (Å²) in [5, 5.41) is 1.82. The Labute approximate surface area is 435 Å². The van der Waals surface area contributed by atoms with Crippen molar-refractivity contribution in [2.24, 2.45) is 0 Å². The van der Waals surface area contributed by atoms with Crippen LogP contribution in [0.1, 0.15) is 95.8 Å². The first kappa shape index (κ1) is 32.0. The van der Waals surface area contributed by atoms with Gasteiger partial charge in [0.15, 0.2) is 0 Å². The van der Waals surface area contributed by atoms with Crippen molar-refractivity contribution in [3.63, 3.8) is 0 Å². The quantitative estimate of drug-likeness (QED) is 0.112. The van der Waals surface area contributed by atoms with E-state index in [0.717, 1.165) is 56.9 Å². The number of benzene rings is 8. The van der Waals surface area contributed by atoms with Crippen LogP contribution in [0.5, 0.6) is 11.5 Å². The third kappa shape index (κ3) is 7.72. The van der Waals surface area contributed by atoms with Crippen LogP contribution in [0.25, 0.3) is 83.4 Å². The largest absolute Gasteiger partial charge is 0.458 e. The Hall–Kier alpha value is -8.02. The maximum atomic E-state index is 9.44. The molecule has 0 spiro atoms. The van der Waals surface area contributed by atoms with Crippen molar-refractivity contribution in [1.29, 1.82) is 0 Å². The third-order valence-corrected chi connectivity index (χ3v) is 14.1. The summed E-state index contributed by atoms with van der Waals surface area (Å²) in [7, 11) is 0. The normalized spacial score (nSPS) is 16.8. The summed E-state index contributed by atoms with van der Waals surface area (Å²) in [6.07, 6.45) is 7.01. The Morgan fingerprint density at radius 1 is 0.592 bits per heavy atom. The molecule has 0 unspecified atom stereocenters. The SMILES string of the molecule is [2H]c1c([2H])c([2H])c(-c2cccc(-c3c([2H])c([2H])c([2H])c([2H])c3[2H])c2-[n+]2[c-]n(-c3cccc(Oc4ccc5c6cc(-c7c([2H])c([2H])c([2H])c8c7C(C)(C)CCC8(C)C)ccc6n(-c6cc(C(C)(C)C)ccn6)c5c4)c3)c3ccccc32)c([2H])c1[2H]. The van der Waals surface area contributed by atoms with E-state index >= 15 is 0 Å². The van der Waals surface area contributed by atoms with Crippen molar-refractivity contribution in [2.45, 2.75) is 77.6 Å². The highest BCUT2D eigenvalue weighted by atomic mass is 16.5. The molecule has 0 saturated heterocycles. The van der Waals surface area contributed by atoms with Gasteiger partial charge < -0.3 is 4.74 Å². The molecule has 71 heavy (non-hydrogen) atoms. The molecule has 0 fully saturated rings. The van der Waals surface area contributed by atoms with Crippen molar-refractivity contribution in [1.82, 2.24) is 14.1 Å². The van der Waals surface area contributed by atoms with Crippen LogP contribution in [-0.2, 0) is 16.2 Å². The minimum absolute atomic E-state index is 0.0432. The molecule has 0 radical (unpaired) electrons. The second-order valence-electron chi connectivity index (χ2n) is 20.7. The van der Waals surface area contributed by atoms with E-state index in [0.29, 0.717) is 39.6 Å². The van der Waals surface area contributed by atoms with Crippen molar-refractivity contribution in [2.75, 3.05) is 0 Å². The van der Waals surface area contributed by atoms with Crippen LogP contribution in [-0.4, -0.2) is 14.1 Å². The lowest BCUT2D eigenvalue weighted by atomic mass is 9.61. The maximum Gasteiger partial charge on any atom is 0.269 e. The fraction of sp³-hybridized carbons (Fsp3) is 0.182. The average molecular weight is 936 g/mol. The number of para-hydroxylation sites is 3. The molecule has 8 aromatic carbocycles. The molecular weight excluding hydrogens is 865 g/mol. The van der Waals surface area contributed by atoms with Gasteiger partial charge in [-0.3, -0.25) is 13.7 Å². The summed E-state index contributed by atoms with van der Waals surface area (Å²) >= 11 is 0. The van der Waals surface area contributed by atoms with Gasteiger partial charge in [0.2, 0.25) is 0 Å². The van der Waals surface area contributed by atoms with E-state index in [1.54, 1.807) is 27.3 Å². The van der Waals surface area contributed by atoms with Crippen molar-refractivity contribution in [3.05, 3.63) is 223 Å². The predicted octanol–water partition coefficient (Wildman–Crippen LogP) is 16.6. The van der Waals surface area contributed by atoms with E-state index in [4.69, 9.17) is 26.2 Å². The van der Waals surface area contributed by atoms with Crippen LogP contribution >= 0.6 is 0 Å². The lowest BCUT2D eigenvalue weighted by molar-refractivity contribution is -0.571. The molecule has 0 saturated carbocycles. The molecule has 12 rings (SSSR count). The Kier molecular flexibility index (Phi) is 7.59. The van der Waals surface area contributed by atoms with Crippen LogP contribution in [0.3, 0.4) is 0 Å². The Morgan fingerprint density at radius 3 is 2.04 bits per heavy atom. The summed E-state index contributed by atoms with van der Waals surface area (Å²) in [5.41, 5.74) is 7.06. The Balaban J connectivity index is 1.02. The van der Waals surface area contributed by atoms with Crippen LogP contribution in [0.4, 0.5) is 0 Å². The number of ether oxygens (including phenoxy) is 1. The van der Waals surface area contributed by atoms with Gasteiger partial charge in [-0.05, 0) is 134 Å². The van der Waals surface area contributed by atoms with Gasteiger partial charge in [-0.25, -0.2) is 4.98 Å². The molecule has 5 heteroatoms. The average Bonchev–Trinajstić information content (AvgIpc) is 1.62. The number of imidazole rings is 1. The first-order valence-corrected chi connectivity index (χ1v) is 23.9. The summed E-state index contributed by atoms with van der Waals surface area (Å²) in [5.74, 6) is 1.68. The smallest absolute Gasteiger partial charge is 0.269 e. The standard InChI is InChI=1S/C66H58N4O/c1-64(2,3)47-35-38-67-61(40-47)70-57-34-31-46(51-25-18-28-56-62(51)66(6,7)37-36-65(56,4)5)39-55(57)54-33-32-50(42-60(54)70)71-49-24-16-23-48(41-49)68-43-69(59-30-15-14-29-58(59)68)63-52(44-19-10-8-11-20-44)26-17-27-53(63)45-21-12-9-13-22-45/h8-35,38-42H,36-37H2,1-7H3/i8D,9D,10D,11D,12D,13D,18D,19D,20D,21D,22D,25D,28D. The molecule has 0 amide bonds. The van der Waals surface area contributed by atoms with E-state index in [1.807, 2.05) is 85.1 Å². The third-order valence-electron chi connectivity index (χ3n) is 14.1. The molecule has 0 N–H and O–H groups in total. The second-order valence-corrected chi connectivity index (χ2v) is 20.7. The molecule has 11 aromatic rings. The number of hydrogen-bond donors (Lipinski definition) is 0. The van der Waals surface area contributed by atoms with Crippen LogP contribution < -0.4 is 9.30 Å². The van der Waals surface area contributed by atoms with Gasteiger partial charge >= 0.3 is 0 Å². The summed E-state index contributed by atoms with van der Waals surface area (Å²) < 4.78 is 128. The van der Waals surface area contributed by atoms with Crippen LogP contribution in [0.15, 0.2) is 200 Å². The van der Waals surface area contributed by atoms with Crippen molar-refractivity contribution < 1.29 is 27.1 Å². The zero-order chi connectivity index (χ0) is 60.0. The van der Waals surface area contributed by atoms with Gasteiger partial charge in [0, 0.05) is 23.0 Å². The number of rotatable bonds is 8. The van der Waals surface area contributed by atoms with Gasteiger partial charge in [-0.15, -0.1) is 0 Å². The monoisotopic (exact) mass is 936 g/mol. The first-order valence-electron chi connectivity index (χ1n) is 30.4. The van der Waals surface area contributed by atoms with Crippen molar-refractivity contribution in [3.8, 4) is 62.1 Å². The van der Waals surface area contributed by atoms with E-state index < -0.39 is 60.4 Å². The summed E-state index contributed by atoms with van der Waals surface area (Å²) in [6, 6.07) is 30.4. The van der Waals surface area contributed by atoms with Gasteiger partial charge in [0.25, 0.3) is 6.33 Å². The zero-order valence-corrected chi connectivity index (χ0v) is 40.7. The molecule has 5 nitrogen and oxygen atoms in total. The number of fused-ring (bicyclic) bond motifs is 5. The van der Waals surface area contributed by atoms with Gasteiger partial charge in [0.05, 0.1) is 51.3 Å².